The minimum Gasteiger partial charge on any atom is -0.468 e. The van der Waals surface area contributed by atoms with Gasteiger partial charge in [-0.15, -0.1) is 0 Å². The van der Waals surface area contributed by atoms with Gasteiger partial charge in [-0.25, -0.2) is 0 Å². The molecule has 8 heteroatoms. The highest BCUT2D eigenvalue weighted by Gasteiger charge is 2.55. The number of rotatable bonds is 7. The van der Waals surface area contributed by atoms with Crippen molar-refractivity contribution in [1.82, 2.24) is 15.0 Å². The summed E-state index contributed by atoms with van der Waals surface area (Å²) in [6.45, 7) is 2.29. The monoisotopic (exact) mass is 446 g/mol. The summed E-state index contributed by atoms with van der Waals surface area (Å²) in [7, 11) is 0. The number of nitrogens with zero attached hydrogens (tertiary/aromatic N) is 3. The van der Waals surface area contributed by atoms with Gasteiger partial charge in [0.05, 0.1) is 0 Å². The van der Waals surface area contributed by atoms with E-state index in [0.717, 1.165) is 11.1 Å². The van der Waals surface area contributed by atoms with Gasteiger partial charge in [-0.2, -0.15) is 4.98 Å². The zero-order chi connectivity index (χ0) is 23.0. The van der Waals surface area contributed by atoms with Crippen LogP contribution in [0.3, 0.4) is 0 Å². The molecule has 2 bridgehead atoms. The zero-order valence-electron chi connectivity index (χ0n) is 18.4. The van der Waals surface area contributed by atoms with E-state index in [1.165, 1.54) is 0 Å². The second kappa shape index (κ2) is 8.35. The van der Waals surface area contributed by atoms with Gasteiger partial charge in [-0.05, 0) is 30.5 Å². The Morgan fingerprint density at radius 1 is 1.18 bits per heavy atom. The van der Waals surface area contributed by atoms with Gasteiger partial charge in [0.2, 0.25) is 17.7 Å². The summed E-state index contributed by atoms with van der Waals surface area (Å²) in [4.78, 5) is 31.7. The number of nitrogens with two attached hydrogens (primary N) is 1. The first-order chi connectivity index (χ1) is 15.9. The van der Waals surface area contributed by atoms with E-state index in [2.05, 4.69) is 10.1 Å². The van der Waals surface area contributed by atoms with Crippen molar-refractivity contribution < 1.29 is 18.8 Å². The number of para-hydroxylation sites is 1. The summed E-state index contributed by atoms with van der Waals surface area (Å²) >= 11 is 0. The van der Waals surface area contributed by atoms with Crippen molar-refractivity contribution in [3.8, 4) is 5.75 Å². The molecule has 33 heavy (non-hydrogen) atoms. The number of carbonyl (C=O) groups is 2. The maximum Gasteiger partial charge on any atom is 0.238 e. The van der Waals surface area contributed by atoms with Crippen molar-refractivity contribution in [3.63, 3.8) is 0 Å². The molecular formula is C25H26N4O4. The van der Waals surface area contributed by atoms with E-state index in [0.29, 0.717) is 49.7 Å². The number of fused-ring (bicyclic) bond motifs is 4. The van der Waals surface area contributed by atoms with Crippen molar-refractivity contribution in [2.75, 3.05) is 6.54 Å². The molecule has 3 aromatic rings. The fourth-order valence-electron chi connectivity index (χ4n) is 5.01. The van der Waals surface area contributed by atoms with Gasteiger partial charge < -0.3 is 19.9 Å². The van der Waals surface area contributed by atoms with Gasteiger partial charge in [0.25, 0.3) is 0 Å². The number of benzene rings is 2. The van der Waals surface area contributed by atoms with Crippen LogP contribution in [0.5, 0.6) is 5.75 Å². The molecule has 2 aliphatic heterocycles. The van der Waals surface area contributed by atoms with E-state index in [-0.39, 0.29) is 11.8 Å². The lowest BCUT2D eigenvalue weighted by molar-refractivity contribution is -0.175. The highest BCUT2D eigenvalue weighted by molar-refractivity contribution is 6.01. The summed E-state index contributed by atoms with van der Waals surface area (Å²) < 4.78 is 11.7. The van der Waals surface area contributed by atoms with Crippen LogP contribution in [0, 0.1) is 5.92 Å². The Morgan fingerprint density at radius 3 is 2.73 bits per heavy atom. The summed E-state index contributed by atoms with van der Waals surface area (Å²) in [5.41, 5.74) is 6.82. The predicted octanol–water partition coefficient (Wildman–Crippen LogP) is 2.82. The normalized spacial score (nSPS) is 23.7. The third-order valence-electron chi connectivity index (χ3n) is 6.55. The fourth-order valence-corrected chi connectivity index (χ4v) is 5.01. The number of carbonyl (C=O) groups excluding carboxylic acids is 2. The molecule has 170 valence electrons. The van der Waals surface area contributed by atoms with Gasteiger partial charge in [0, 0.05) is 31.7 Å². The molecule has 0 aliphatic carbocycles. The molecule has 0 saturated carbocycles. The van der Waals surface area contributed by atoms with Crippen molar-refractivity contribution >= 4 is 11.8 Å². The minimum absolute atomic E-state index is 0.280. The van der Waals surface area contributed by atoms with E-state index < -0.39 is 17.6 Å². The van der Waals surface area contributed by atoms with Crippen molar-refractivity contribution in [2.45, 2.75) is 44.2 Å². The van der Waals surface area contributed by atoms with E-state index in [9.17, 15) is 9.59 Å². The molecule has 0 spiro atoms. The molecule has 0 unspecified atom stereocenters. The van der Waals surface area contributed by atoms with Gasteiger partial charge in [0.15, 0.2) is 11.5 Å². The Morgan fingerprint density at radius 2 is 1.94 bits per heavy atom. The molecule has 2 amide bonds. The first-order valence-corrected chi connectivity index (χ1v) is 11.2. The topological polar surface area (TPSA) is 112 Å². The lowest BCUT2D eigenvalue weighted by atomic mass is 9.73. The van der Waals surface area contributed by atoms with Crippen LogP contribution in [0.25, 0.3) is 0 Å². The Kier molecular flexibility index (Phi) is 5.36. The second-order valence-corrected chi connectivity index (χ2v) is 8.87. The molecule has 8 nitrogen and oxygen atoms in total. The number of hydrogen-bond donors (Lipinski definition) is 1. The highest BCUT2D eigenvalue weighted by Crippen LogP contribution is 2.50. The molecule has 3 atom stereocenters. The van der Waals surface area contributed by atoms with Crippen LogP contribution >= 0.6 is 0 Å². The van der Waals surface area contributed by atoms with Crippen LogP contribution in [-0.2, 0) is 22.4 Å². The predicted molar refractivity (Wildman–Crippen MR) is 119 cm³/mol. The number of ether oxygens (including phenoxy) is 1. The van der Waals surface area contributed by atoms with Crippen molar-refractivity contribution in [3.05, 3.63) is 77.4 Å². The van der Waals surface area contributed by atoms with Gasteiger partial charge in [0.1, 0.15) is 11.7 Å². The summed E-state index contributed by atoms with van der Waals surface area (Å²) in [6, 6.07) is 17.5. The van der Waals surface area contributed by atoms with Gasteiger partial charge >= 0.3 is 0 Å². The first kappa shape index (κ1) is 21.2. The van der Waals surface area contributed by atoms with Crippen molar-refractivity contribution in [1.29, 1.82) is 0 Å². The molecule has 3 heterocycles. The highest BCUT2D eigenvalue weighted by atomic mass is 16.5. The number of hydrogen-bond acceptors (Lipinski definition) is 6. The number of amides is 2. The Balaban J connectivity index is 1.29. The van der Waals surface area contributed by atoms with Crippen molar-refractivity contribution in [2.24, 2.45) is 11.7 Å². The molecule has 2 aliphatic rings. The lowest BCUT2D eigenvalue weighted by Gasteiger charge is -2.52. The molecule has 0 radical (unpaired) electrons. The number of aryl methyl sites for hydroxylation is 1. The van der Waals surface area contributed by atoms with Crippen LogP contribution in [-0.4, -0.2) is 39.1 Å². The summed E-state index contributed by atoms with van der Waals surface area (Å²) in [5, 5.41) is 4.06. The number of primary amides is 1. The average molecular weight is 447 g/mol. The average Bonchev–Trinajstić information content (AvgIpc) is 3.23. The Labute approximate surface area is 191 Å². The molecule has 1 fully saturated rings. The quantitative estimate of drug-likeness (QED) is 0.559. The number of aromatic nitrogens is 2. The van der Waals surface area contributed by atoms with E-state index in [4.69, 9.17) is 15.0 Å². The lowest BCUT2D eigenvalue weighted by Crippen LogP contribution is -2.64. The smallest absolute Gasteiger partial charge is 0.238 e. The van der Waals surface area contributed by atoms with E-state index >= 15 is 0 Å². The largest absolute Gasteiger partial charge is 0.468 e. The maximum atomic E-state index is 13.3. The van der Waals surface area contributed by atoms with Gasteiger partial charge in [-0.1, -0.05) is 53.7 Å². The molecular weight excluding hydrogens is 420 g/mol. The van der Waals surface area contributed by atoms with Crippen LogP contribution < -0.4 is 10.5 Å². The molecule has 1 saturated heterocycles. The van der Waals surface area contributed by atoms with Gasteiger partial charge in [-0.3, -0.25) is 9.59 Å². The zero-order valence-corrected chi connectivity index (χ0v) is 18.4. The number of piperidine rings is 1. The fraction of sp³-hybridized carbons (Fsp3) is 0.360. The molecule has 2 N–H and O–H groups in total. The Hall–Kier alpha value is -3.68. The van der Waals surface area contributed by atoms with Crippen LogP contribution in [0.15, 0.2) is 59.1 Å². The third-order valence-corrected chi connectivity index (χ3v) is 6.55. The third kappa shape index (κ3) is 3.97. The van der Waals surface area contributed by atoms with E-state index in [1.807, 2.05) is 61.5 Å². The Bertz CT molecular complexity index is 1180. The first-order valence-electron chi connectivity index (χ1n) is 11.2. The minimum atomic E-state index is -0.899. The summed E-state index contributed by atoms with van der Waals surface area (Å²) in [5.74, 6) is -0.220. The second-order valence-electron chi connectivity index (χ2n) is 8.87. The van der Waals surface area contributed by atoms with Crippen LogP contribution in [0.2, 0.25) is 0 Å². The standard InChI is InChI=1S/C25H26N4O4/c1-25-15-18(17-10-5-6-11-19(17)32-25)22(23(26)30)24(31)29(25)13-7-12-21-27-20(28-33-21)14-16-8-3-2-4-9-16/h2-6,8-11,18,22H,7,12-15H2,1H3,(H2,26,30)/t18-,22+,25-/m0/s1. The van der Waals surface area contributed by atoms with Crippen LogP contribution in [0.4, 0.5) is 0 Å². The number of likely N-dealkylation sites (tertiary alicyclic amines) is 1. The van der Waals surface area contributed by atoms with E-state index in [1.54, 1.807) is 4.90 Å². The summed E-state index contributed by atoms with van der Waals surface area (Å²) in [6.07, 6.45) is 2.23. The van der Waals surface area contributed by atoms with Crippen LogP contribution in [0.1, 0.15) is 48.5 Å². The molecule has 5 rings (SSSR count). The SMILES string of the molecule is C[C@@]12C[C@@H](c3ccccc3O1)[C@H](C(N)=O)C(=O)N2CCCc1nc(Cc2ccccc2)no1. The molecule has 2 aromatic carbocycles. The maximum absolute atomic E-state index is 13.3. The molecule has 1 aromatic heterocycles.